The number of anilines is 2. The third kappa shape index (κ3) is 1.94. The van der Waals surface area contributed by atoms with E-state index in [0.717, 1.165) is 22.5 Å². The van der Waals surface area contributed by atoms with Crippen LogP contribution in [0.1, 0.15) is 33.1 Å². The molecule has 0 radical (unpaired) electrons. The lowest BCUT2D eigenvalue weighted by Gasteiger charge is -2.23. The van der Waals surface area contributed by atoms with E-state index in [1.165, 1.54) is 0 Å². The molecule has 0 saturated heterocycles. The zero-order valence-corrected chi connectivity index (χ0v) is 11.4. The van der Waals surface area contributed by atoms with E-state index in [1.807, 2.05) is 30.3 Å². The van der Waals surface area contributed by atoms with Crippen molar-refractivity contribution < 1.29 is 9.59 Å². The minimum Gasteiger partial charge on any atom is -0.397 e. The highest BCUT2D eigenvalue weighted by Gasteiger charge is 2.32. The first-order valence-corrected chi connectivity index (χ1v) is 6.96. The van der Waals surface area contributed by atoms with E-state index in [4.69, 9.17) is 11.5 Å². The summed E-state index contributed by atoms with van der Waals surface area (Å²) < 4.78 is 0. The van der Waals surface area contributed by atoms with Crippen molar-refractivity contribution in [2.75, 3.05) is 11.1 Å². The molecule has 1 aliphatic heterocycles. The van der Waals surface area contributed by atoms with E-state index in [9.17, 15) is 9.59 Å². The maximum atomic E-state index is 11.8. The predicted octanol–water partition coefficient (Wildman–Crippen LogP) is 1.90. The maximum absolute atomic E-state index is 11.8. The molecule has 0 saturated carbocycles. The predicted molar refractivity (Wildman–Crippen MR) is 78.8 cm³/mol. The summed E-state index contributed by atoms with van der Waals surface area (Å²) in [5, 5.41) is 3.39. The number of benzene rings is 1. The second kappa shape index (κ2) is 4.64. The molecule has 2 amide bonds. The van der Waals surface area contributed by atoms with Gasteiger partial charge in [-0.05, 0) is 5.56 Å². The first-order chi connectivity index (χ1) is 9.58. The van der Waals surface area contributed by atoms with E-state index in [2.05, 4.69) is 5.32 Å². The summed E-state index contributed by atoms with van der Waals surface area (Å²) >= 11 is 1.14. The van der Waals surface area contributed by atoms with E-state index >= 15 is 0 Å². The Bertz CT molecular complexity index is 694. The van der Waals surface area contributed by atoms with Crippen LogP contribution < -0.4 is 16.8 Å². The smallest absolute Gasteiger partial charge is 0.260 e. The number of hydrogen-bond donors (Lipinski definition) is 3. The van der Waals surface area contributed by atoms with Crippen LogP contribution in [0.4, 0.5) is 10.7 Å². The zero-order valence-electron chi connectivity index (χ0n) is 10.6. The molecular weight excluding hydrogens is 274 g/mol. The van der Waals surface area contributed by atoms with Gasteiger partial charge in [0.1, 0.15) is 9.88 Å². The van der Waals surface area contributed by atoms with Gasteiger partial charge in [0.25, 0.3) is 5.91 Å². The summed E-state index contributed by atoms with van der Waals surface area (Å²) in [5.41, 5.74) is 13.6. The Kier molecular flexibility index (Phi) is 2.94. The number of hydrogen-bond acceptors (Lipinski definition) is 4. The van der Waals surface area contributed by atoms with Gasteiger partial charge in [0.15, 0.2) is 0 Å². The lowest BCUT2D eigenvalue weighted by Crippen LogP contribution is -2.22. The van der Waals surface area contributed by atoms with Gasteiger partial charge in [-0.3, -0.25) is 9.59 Å². The largest absolute Gasteiger partial charge is 0.397 e. The Morgan fingerprint density at radius 1 is 1.30 bits per heavy atom. The number of carbonyl (C=O) groups is 2. The monoisotopic (exact) mass is 287 g/mol. The van der Waals surface area contributed by atoms with Crippen molar-refractivity contribution in [1.82, 2.24) is 0 Å². The second-order valence-corrected chi connectivity index (χ2v) is 5.69. The number of thiophene rings is 1. The molecule has 1 atom stereocenters. The lowest BCUT2D eigenvalue weighted by atomic mass is 9.86. The third-order valence-electron chi connectivity index (χ3n) is 3.40. The molecule has 1 aromatic carbocycles. The number of nitrogen functional groups attached to an aromatic ring is 1. The summed E-state index contributed by atoms with van der Waals surface area (Å²) in [6, 6.07) is 9.65. The third-order valence-corrected chi connectivity index (χ3v) is 4.55. The van der Waals surface area contributed by atoms with Crippen LogP contribution in [0.3, 0.4) is 0 Å². The standard InChI is InChI=1S/C14H13N3O2S/c15-11-10-8(7-4-2-1-3-5-7)6-9(18)17-14(10)20-12(11)13(16)19/h1-5,8H,6,15H2,(H2,16,19)(H,17,18)/t8-/m0/s1. The van der Waals surface area contributed by atoms with Gasteiger partial charge in [0.05, 0.1) is 5.69 Å². The van der Waals surface area contributed by atoms with Gasteiger partial charge in [-0.25, -0.2) is 0 Å². The minimum absolute atomic E-state index is 0.0800. The molecule has 20 heavy (non-hydrogen) atoms. The van der Waals surface area contributed by atoms with Crippen LogP contribution in [0.25, 0.3) is 0 Å². The molecule has 0 unspecified atom stereocenters. The summed E-state index contributed by atoms with van der Waals surface area (Å²) in [6.45, 7) is 0. The highest BCUT2D eigenvalue weighted by molar-refractivity contribution is 7.19. The number of nitrogens with two attached hydrogens (primary N) is 2. The van der Waals surface area contributed by atoms with Gasteiger partial charge in [-0.2, -0.15) is 0 Å². The van der Waals surface area contributed by atoms with Crippen molar-refractivity contribution in [1.29, 1.82) is 0 Å². The fraction of sp³-hybridized carbons (Fsp3) is 0.143. The fourth-order valence-corrected chi connectivity index (χ4v) is 3.57. The molecule has 0 aliphatic carbocycles. The van der Waals surface area contributed by atoms with Gasteiger partial charge >= 0.3 is 0 Å². The molecule has 2 heterocycles. The molecule has 0 bridgehead atoms. The van der Waals surface area contributed by atoms with Crippen LogP contribution in [0.15, 0.2) is 30.3 Å². The van der Waals surface area contributed by atoms with Crippen molar-refractivity contribution in [3.05, 3.63) is 46.3 Å². The lowest BCUT2D eigenvalue weighted by molar-refractivity contribution is -0.116. The van der Waals surface area contributed by atoms with Gasteiger partial charge in [0, 0.05) is 17.9 Å². The van der Waals surface area contributed by atoms with Crippen molar-refractivity contribution in [2.45, 2.75) is 12.3 Å². The number of primary amides is 1. The van der Waals surface area contributed by atoms with Gasteiger partial charge < -0.3 is 16.8 Å². The first-order valence-electron chi connectivity index (χ1n) is 6.14. The molecule has 3 rings (SSSR count). The highest BCUT2D eigenvalue weighted by Crippen LogP contribution is 2.46. The number of nitrogens with one attached hydrogen (secondary N) is 1. The average molecular weight is 287 g/mol. The molecule has 1 aromatic heterocycles. The SMILES string of the molecule is NC(=O)c1sc2c(c1N)[C@H](c1ccccc1)CC(=O)N2. The van der Waals surface area contributed by atoms with Gasteiger partial charge in [-0.15, -0.1) is 11.3 Å². The first kappa shape index (κ1) is 12.7. The Hall–Kier alpha value is -2.34. The number of rotatable bonds is 2. The van der Waals surface area contributed by atoms with E-state index in [0.29, 0.717) is 22.0 Å². The van der Waals surface area contributed by atoms with Crippen molar-refractivity contribution >= 4 is 33.8 Å². The Morgan fingerprint density at radius 2 is 2.00 bits per heavy atom. The average Bonchev–Trinajstić information content (AvgIpc) is 2.76. The number of fused-ring (bicyclic) bond motifs is 1. The fourth-order valence-electron chi connectivity index (χ4n) is 2.51. The topological polar surface area (TPSA) is 98.2 Å². The Labute approximate surface area is 119 Å². The summed E-state index contributed by atoms with van der Waals surface area (Å²) in [7, 11) is 0. The molecule has 5 N–H and O–H groups in total. The molecule has 6 heteroatoms. The van der Waals surface area contributed by atoms with E-state index in [1.54, 1.807) is 0 Å². The number of carbonyl (C=O) groups excluding carboxylic acids is 2. The summed E-state index contributed by atoms with van der Waals surface area (Å²) in [5.74, 6) is -0.782. The normalized spacial score (nSPS) is 17.4. The van der Waals surface area contributed by atoms with Crippen LogP contribution >= 0.6 is 11.3 Å². The van der Waals surface area contributed by atoms with Crippen molar-refractivity contribution in [2.24, 2.45) is 5.73 Å². The molecular formula is C14H13N3O2S. The molecule has 2 aromatic rings. The molecule has 0 spiro atoms. The summed E-state index contributed by atoms with van der Waals surface area (Å²) in [6.07, 6.45) is 0.316. The van der Waals surface area contributed by atoms with Crippen LogP contribution in [-0.2, 0) is 4.79 Å². The van der Waals surface area contributed by atoms with E-state index in [-0.39, 0.29) is 11.8 Å². The van der Waals surface area contributed by atoms with Crippen LogP contribution in [-0.4, -0.2) is 11.8 Å². The zero-order chi connectivity index (χ0) is 14.3. The molecule has 1 aliphatic rings. The van der Waals surface area contributed by atoms with Gasteiger partial charge in [0.2, 0.25) is 5.91 Å². The Balaban J connectivity index is 2.17. The van der Waals surface area contributed by atoms with Crippen molar-refractivity contribution in [3.63, 3.8) is 0 Å². The highest BCUT2D eigenvalue weighted by atomic mass is 32.1. The van der Waals surface area contributed by atoms with Crippen molar-refractivity contribution in [3.8, 4) is 0 Å². The second-order valence-electron chi connectivity index (χ2n) is 4.67. The molecule has 0 fully saturated rings. The number of amides is 2. The van der Waals surface area contributed by atoms with E-state index < -0.39 is 5.91 Å². The van der Waals surface area contributed by atoms with Crippen LogP contribution in [0.5, 0.6) is 0 Å². The van der Waals surface area contributed by atoms with Crippen LogP contribution in [0, 0.1) is 0 Å². The quantitative estimate of drug-likeness (QED) is 0.786. The Morgan fingerprint density at radius 3 is 2.65 bits per heavy atom. The maximum Gasteiger partial charge on any atom is 0.260 e. The summed E-state index contributed by atoms with van der Waals surface area (Å²) in [4.78, 5) is 23.5. The minimum atomic E-state index is -0.567. The van der Waals surface area contributed by atoms with Crippen LogP contribution in [0.2, 0.25) is 0 Å². The molecule has 5 nitrogen and oxygen atoms in total. The van der Waals surface area contributed by atoms with Gasteiger partial charge in [-0.1, -0.05) is 30.3 Å². The molecule has 102 valence electrons.